The number of esters is 1. The topological polar surface area (TPSA) is 115 Å². The third kappa shape index (κ3) is 2.73. The standard InChI is InChI=1S/C16H16N6O3/c1-25-15(24)9-4-5-12-19-16(21-22(12)8-9)20-14(23)10-7-18-11-3-2-6-17-13(10)11/h2-3,6-7,9,18H,4-5,8H2,1H3,(H,20,21,23). The van der Waals surface area contributed by atoms with Gasteiger partial charge in [0.25, 0.3) is 5.91 Å². The Balaban J connectivity index is 1.53. The van der Waals surface area contributed by atoms with Crippen molar-refractivity contribution in [3.05, 3.63) is 35.9 Å². The van der Waals surface area contributed by atoms with Gasteiger partial charge in [-0.1, -0.05) is 0 Å². The van der Waals surface area contributed by atoms with Gasteiger partial charge in [0, 0.05) is 18.8 Å². The number of H-pyrrole nitrogens is 1. The molecule has 1 atom stereocenters. The number of pyridine rings is 1. The fraction of sp³-hybridized carbons (Fsp3) is 0.312. The summed E-state index contributed by atoms with van der Waals surface area (Å²) < 4.78 is 6.43. The monoisotopic (exact) mass is 340 g/mol. The van der Waals surface area contributed by atoms with Crippen LogP contribution in [0, 0.1) is 5.92 Å². The summed E-state index contributed by atoms with van der Waals surface area (Å²) in [5.74, 6) is 0.137. The molecular formula is C16H16N6O3. The van der Waals surface area contributed by atoms with Gasteiger partial charge in [-0.2, -0.15) is 4.98 Å². The highest BCUT2D eigenvalue weighted by atomic mass is 16.5. The number of nitrogens with one attached hydrogen (secondary N) is 2. The molecule has 3 aromatic rings. The van der Waals surface area contributed by atoms with Crippen LogP contribution in [0.15, 0.2) is 24.5 Å². The van der Waals surface area contributed by atoms with Crippen LogP contribution < -0.4 is 5.32 Å². The largest absolute Gasteiger partial charge is 0.469 e. The van der Waals surface area contributed by atoms with Gasteiger partial charge in [0.1, 0.15) is 11.3 Å². The van der Waals surface area contributed by atoms with Crippen molar-refractivity contribution in [3.8, 4) is 0 Å². The van der Waals surface area contributed by atoms with E-state index in [0.29, 0.717) is 30.5 Å². The number of aromatic nitrogens is 5. The van der Waals surface area contributed by atoms with Gasteiger partial charge in [0.05, 0.1) is 30.7 Å². The molecular weight excluding hydrogens is 324 g/mol. The molecule has 25 heavy (non-hydrogen) atoms. The first-order valence-corrected chi connectivity index (χ1v) is 7.90. The predicted octanol–water partition coefficient (Wildman–Crippen LogP) is 1.14. The first-order chi connectivity index (χ1) is 12.2. The number of ether oxygens (including phenoxy) is 1. The highest BCUT2D eigenvalue weighted by molar-refractivity contribution is 6.11. The van der Waals surface area contributed by atoms with E-state index in [2.05, 4.69) is 25.4 Å². The van der Waals surface area contributed by atoms with Crippen LogP contribution in [-0.4, -0.2) is 43.7 Å². The smallest absolute Gasteiger partial charge is 0.310 e. The van der Waals surface area contributed by atoms with Crippen LogP contribution in [0.4, 0.5) is 5.95 Å². The number of hydrogen-bond donors (Lipinski definition) is 2. The second-order valence-corrected chi connectivity index (χ2v) is 5.85. The van der Waals surface area contributed by atoms with E-state index in [-0.39, 0.29) is 23.7 Å². The van der Waals surface area contributed by atoms with Crippen LogP contribution in [0.25, 0.3) is 11.0 Å². The second kappa shape index (κ2) is 6.00. The lowest BCUT2D eigenvalue weighted by atomic mass is 10.0. The summed E-state index contributed by atoms with van der Waals surface area (Å²) in [7, 11) is 1.38. The van der Waals surface area contributed by atoms with Gasteiger partial charge in [-0.3, -0.25) is 19.9 Å². The van der Waals surface area contributed by atoms with Gasteiger partial charge in [-0.25, -0.2) is 4.68 Å². The van der Waals surface area contributed by atoms with E-state index in [1.165, 1.54) is 7.11 Å². The molecule has 0 aromatic carbocycles. The summed E-state index contributed by atoms with van der Waals surface area (Å²) in [5.41, 5.74) is 1.80. The van der Waals surface area contributed by atoms with Crippen LogP contribution in [-0.2, 0) is 22.5 Å². The molecule has 0 spiro atoms. The zero-order chi connectivity index (χ0) is 17.4. The molecule has 1 unspecified atom stereocenters. The number of aryl methyl sites for hydroxylation is 1. The molecule has 0 bridgehead atoms. The average Bonchev–Trinajstić information content (AvgIpc) is 3.23. The van der Waals surface area contributed by atoms with Gasteiger partial charge < -0.3 is 9.72 Å². The van der Waals surface area contributed by atoms with E-state index < -0.39 is 0 Å². The van der Waals surface area contributed by atoms with E-state index in [1.54, 1.807) is 23.1 Å². The molecule has 9 heteroatoms. The molecule has 0 aliphatic carbocycles. The van der Waals surface area contributed by atoms with E-state index in [0.717, 1.165) is 11.3 Å². The Labute approximate surface area is 142 Å². The number of carbonyl (C=O) groups excluding carboxylic acids is 2. The summed E-state index contributed by atoms with van der Waals surface area (Å²) in [6.45, 7) is 0.402. The number of nitrogens with zero attached hydrogens (tertiary/aromatic N) is 4. The number of hydrogen-bond acceptors (Lipinski definition) is 6. The zero-order valence-corrected chi connectivity index (χ0v) is 13.5. The van der Waals surface area contributed by atoms with Crippen molar-refractivity contribution >= 4 is 28.9 Å². The summed E-state index contributed by atoms with van der Waals surface area (Å²) in [6.07, 6.45) is 4.51. The Bertz CT molecular complexity index is 960. The van der Waals surface area contributed by atoms with Crippen LogP contribution in [0.5, 0.6) is 0 Å². The fourth-order valence-electron chi connectivity index (χ4n) is 3.02. The number of anilines is 1. The van der Waals surface area contributed by atoms with E-state index in [1.807, 2.05) is 6.07 Å². The Morgan fingerprint density at radius 1 is 1.44 bits per heavy atom. The number of fused-ring (bicyclic) bond motifs is 2. The zero-order valence-electron chi connectivity index (χ0n) is 13.5. The molecule has 1 aliphatic rings. The summed E-state index contributed by atoms with van der Waals surface area (Å²) >= 11 is 0. The quantitative estimate of drug-likeness (QED) is 0.691. The Morgan fingerprint density at radius 3 is 3.16 bits per heavy atom. The lowest BCUT2D eigenvalue weighted by Crippen LogP contribution is -2.28. The van der Waals surface area contributed by atoms with Gasteiger partial charge >= 0.3 is 5.97 Å². The third-order valence-electron chi connectivity index (χ3n) is 4.30. The first-order valence-electron chi connectivity index (χ1n) is 7.90. The SMILES string of the molecule is COC(=O)C1CCc2nc(NC(=O)c3c[nH]c4cccnc34)nn2C1. The van der Waals surface area contributed by atoms with E-state index in [9.17, 15) is 9.59 Å². The summed E-state index contributed by atoms with van der Waals surface area (Å²) in [4.78, 5) is 35.7. The molecule has 0 radical (unpaired) electrons. The van der Waals surface area contributed by atoms with Crippen molar-refractivity contribution in [2.45, 2.75) is 19.4 Å². The van der Waals surface area contributed by atoms with Crippen molar-refractivity contribution in [3.63, 3.8) is 0 Å². The number of amides is 1. The summed E-state index contributed by atoms with van der Waals surface area (Å²) in [6, 6.07) is 3.64. The van der Waals surface area contributed by atoms with Gasteiger partial charge in [0.2, 0.25) is 5.95 Å². The lowest BCUT2D eigenvalue weighted by molar-refractivity contribution is -0.146. The van der Waals surface area contributed by atoms with Gasteiger partial charge in [-0.05, 0) is 18.6 Å². The molecule has 2 N–H and O–H groups in total. The van der Waals surface area contributed by atoms with Crippen LogP contribution >= 0.6 is 0 Å². The van der Waals surface area contributed by atoms with E-state index >= 15 is 0 Å². The van der Waals surface area contributed by atoms with Gasteiger partial charge in [0.15, 0.2) is 0 Å². The maximum atomic E-state index is 12.5. The Hall–Kier alpha value is -3.23. The van der Waals surface area contributed by atoms with E-state index in [4.69, 9.17) is 4.74 Å². The van der Waals surface area contributed by atoms with Crippen LogP contribution in [0.3, 0.4) is 0 Å². The molecule has 4 heterocycles. The maximum absolute atomic E-state index is 12.5. The van der Waals surface area contributed by atoms with Crippen molar-refractivity contribution < 1.29 is 14.3 Å². The average molecular weight is 340 g/mol. The van der Waals surface area contributed by atoms with Gasteiger partial charge in [-0.15, -0.1) is 5.10 Å². The molecule has 1 aliphatic heterocycles. The van der Waals surface area contributed by atoms with Crippen molar-refractivity contribution in [2.24, 2.45) is 5.92 Å². The Kier molecular flexibility index (Phi) is 3.68. The molecule has 9 nitrogen and oxygen atoms in total. The number of rotatable bonds is 3. The van der Waals surface area contributed by atoms with Crippen LogP contribution in [0.2, 0.25) is 0 Å². The molecule has 0 saturated heterocycles. The summed E-state index contributed by atoms with van der Waals surface area (Å²) in [5, 5.41) is 6.98. The number of aromatic amines is 1. The predicted molar refractivity (Wildman–Crippen MR) is 87.9 cm³/mol. The van der Waals surface area contributed by atoms with Crippen LogP contribution in [0.1, 0.15) is 22.6 Å². The minimum absolute atomic E-state index is 0.218. The molecule has 0 saturated carbocycles. The number of carbonyl (C=O) groups is 2. The highest BCUT2D eigenvalue weighted by Gasteiger charge is 2.28. The molecule has 4 rings (SSSR count). The normalized spacial score (nSPS) is 16.4. The molecule has 3 aromatic heterocycles. The second-order valence-electron chi connectivity index (χ2n) is 5.85. The van der Waals surface area contributed by atoms with Crippen molar-refractivity contribution in [2.75, 3.05) is 12.4 Å². The molecule has 128 valence electrons. The maximum Gasteiger partial charge on any atom is 0.310 e. The molecule has 1 amide bonds. The molecule has 0 fully saturated rings. The number of methoxy groups -OCH3 is 1. The minimum Gasteiger partial charge on any atom is -0.469 e. The van der Waals surface area contributed by atoms with Crippen molar-refractivity contribution in [1.82, 2.24) is 24.7 Å². The fourth-order valence-corrected chi connectivity index (χ4v) is 3.02. The Morgan fingerprint density at radius 2 is 2.32 bits per heavy atom. The minimum atomic E-state index is -0.336. The first kappa shape index (κ1) is 15.3. The van der Waals surface area contributed by atoms with Crippen molar-refractivity contribution in [1.29, 1.82) is 0 Å². The lowest BCUT2D eigenvalue weighted by Gasteiger charge is -2.19. The third-order valence-corrected chi connectivity index (χ3v) is 4.30. The highest BCUT2D eigenvalue weighted by Crippen LogP contribution is 2.21.